The number of nitrogens with zero attached hydrogens (tertiary/aromatic N) is 2. The molecule has 3 aliphatic heterocycles. The van der Waals surface area contributed by atoms with Crippen molar-refractivity contribution >= 4 is 0 Å². The summed E-state index contributed by atoms with van der Waals surface area (Å²) < 4.78 is 17.9. The molecule has 0 aromatic heterocycles. The molecule has 0 amide bonds. The maximum absolute atomic E-state index is 6.01. The SMILES string of the molecule is CC(C)=CCOc1ccc(CC2=CN(C)[C@H]3CN2C2(CCC4(CC2)OCCO4)C3)cc1. The number of ether oxygens (including phenoxy) is 3. The van der Waals surface area contributed by atoms with Gasteiger partial charge < -0.3 is 24.0 Å². The lowest BCUT2D eigenvalue weighted by molar-refractivity contribution is -0.190. The van der Waals surface area contributed by atoms with E-state index in [9.17, 15) is 0 Å². The van der Waals surface area contributed by atoms with E-state index in [0.29, 0.717) is 12.6 Å². The van der Waals surface area contributed by atoms with Crippen molar-refractivity contribution in [3.8, 4) is 5.75 Å². The van der Waals surface area contributed by atoms with Crippen LogP contribution in [0.5, 0.6) is 5.75 Å². The Balaban J connectivity index is 1.27. The Labute approximate surface area is 186 Å². The van der Waals surface area contributed by atoms with Gasteiger partial charge in [0.1, 0.15) is 12.4 Å². The molecule has 0 N–H and O–H groups in total. The third kappa shape index (κ3) is 4.10. The van der Waals surface area contributed by atoms with Gasteiger partial charge in [-0.25, -0.2) is 0 Å². The van der Waals surface area contributed by atoms with Gasteiger partial charge in [0.2, 0.25) is 0 Å². The molecule has 4 aliphatic rings. The van der Waals surface area contributed by atoms with E-state index in [0.717, 1.165) is 57.6 Å². The van der Waals surface area contributed by atoms with Gasteiger partial charge in [-0.15, -0.1) is 0 Å². The topological polar surface area (TPSA) is 34.2 Å². The van der Waals surface area contributed by atoms with Crippen LogP contribution in [0.1, 0.15) is 51.5 Å². The van der Waals surface area contributed by atoms with Crippen LogP contribution in [-0.4, -0.2) is 60.6 Å². The largest absolute Gasteiger partial charge is 0.490 e. The highest BCUT2D eigenvalue weighted by atomic mass is 16.7. The number of hydrogen-bond donors (Lipinski definition) is 0. The van der Waals surface area contributed by atoms with E-state index in [1.54, 1.807) is 0 Å². The fourth-order valence-corrected chi connectivity index (χ4v) is 5.84. The van der Waals surface area contributed by atoms with Crippen LogP contribution in [0, 0.1) is 0 Å². The summed E-state index contributed by atoms with van der Waals surface area (Å²) in [5.74, 6) is 0.642. The summed E-state index contributed by atoms with van der Waals surface area (Å²) in [6.07, 6.45) is 11.1. The fourth-order valence-electron chi connectivity index (χ4n) is 5.84. The van der Waals surface area contributed by atoms with Crippen LogP contribution in [0.4, 0.5) is 0 Å². The van der Waals surface area contributed by atoms with Crippen LogP contribution in [-0.2, 0) is 15.9 Å². The number of allylic oxidation sites excluding steroid dienone is 2. The highest BCUT2D eigenvalue weighted by Gasteiger charge is 2.54. The molecule has 2 spiro atoms. The molecule has 1 aromatic carbocycles. The fraction of sp³-hybridized carbons (Fsp3) is 0.615. The molecule has 1 aromatic rings. The maximum atomic E-state index is 6.01. The highest BCUT2D eigenvalue weighted by molar-refractivity contribution is 5.32. The first-order chi connectivity index (χ1) is 15.0. The quantitative estimate of drug-likeness (QED) is 0.651. The predicted octanol–water partition coefficient (Wildman–Crippen LogP) is 4.49. The van der Waals surface area contributed by atoms with Crippen molar-refractivity contribution in [1.82, 2.24) is 9.80 Å². The molecule has 1 atom stereocenters. The molecule has 1 aliphatic carbocycles. The third-order valence-electron chi connectivity index (χ3n) is 7.66. The first-order valence-electron chi connectivity index (χ1n) is 11.8. The molecule has 5 nitrogen and oxygen atoms in total. The van der Waals surface area contributed by atoms with Crippen LogP contribution >= 0.6 is 0 Å². The second-order valence-electron chi connectivity index (χ2n) is 10.00. The monoisotopic (exact) mass is 424 g/mol. The third-order valence-corrected chi connectivity index (χ3v) is 7.66. The van der Waals surface area contributed by atoms with Crippen LogP contribution in [0.25, 0.3) is 0 Å². The normalized spacial score (nSPS) is 25.8. The van der Waals surface area contributed by atoms with Crippen molar-refractivity contribution < 1.29 is 14.2 Å². The van der Waals surface area contributed by atoms with Crippen molar-refractivity contribution in [2.45, 2.75) is 69.7 Å². The molecule has 0 radical (unpaired) electrons. The number of fused-ring (bicyclic) bond motifs is 3. The average molecular weight is 425 g/mol. The highest BCUT2D eigenvalue weighted by Crippen LogP contribution is 2.51. The predicted molar refractivity (Wildman–Crippen MR) is 122 cm³/mol. The van der Waals surface area contributed by atoms with Crippen molar-refractivity contribution in [3.05, 3.63) is 53.4 Å². The van der Waals surface area contributed by atoms with E-state index in [4.69, 9.17) is 14.2 Å². The van der Waals surface area contributed by atoms with Gasteiger partial charge in [0.15, 0.2) is 5.79 Å². The van der Waals surface area contributed by atoms with Gasteiger partial charge >= 0.3 is 0 Å². The van der Waals surface area contributed by atoms with Crippen LogP contribution in [0.2, 0.25) is 0 Å². The summed E-state index contributed by atoms with van der Waals surface area (Å²) in [5, 5.41) is 0. The number of benzene rings is 1. The molecule has 3 heterocycles. The molecule has 2 saturated heterocycles. The summed E-state index contributed by atoms with van der Waals surface area (Å²) in [7, 11) is 2.24. The molecule has 2 bridgehead atoms. The Hall–Kier alpha value is -1.98. The van der Waals surface area contributed by atoms with E-state index in [-0.39, 0.29) is 11.3 Å². The lowest BCUT2D eigenvalue weighted by Gasteiger charge is -2.48. The minimum Gasteiger partial charge on any atom is -0.490 e. The van der Waals surface area contributed by atoms with Crippen LogP contribution < -0.4 is 4.74 Å². The number of hydrogen-bond acceptors (Lipinski definition) is 5. The number of likely N-dealkylation sites (N-methyl/N-ethyl adjacent to an activating group) is 1. The molecule has 3 fully saturated rings. The summed E-state index contributed by atoms with van der Waals surface area (Å²) in [4.78, 5) is 5.18. The maximum Gasteiger partial charge on any atom is 0.168 e. The van der Waals surface area contributed by atoms with Gasteiger partial charge in [0.05, 0.1) is 13.2 Å². The first-order valence-corrected chi connectivity index (χ1v) is 11.8. The van der Waals surface area contributed by atoms with E-state index in [1.807, 2.05) is 0 Å². The van der Waals surface area contributed by atoms with E-state index >= 15 is 0 Å². The molecule has 31 heavy (non-hydrogen) atoms. The molecule has 5 heteroatoms. The molecule has 1 saturated carbocycles. The standard InChI is InChI=1S/C26H36N2O3/c1-20(2)8-13-29-24-6-4-21(5-7-24)16-22-18-27(3)23-17-25(28(22)19-23)9-11-26(12-10-25)30-14-15-31-26/h4-8,18,23H,9-17,19H2,1-3H3/t23-/m1/s1. The Morgan fingerprint density at radius 3 is 2.48 bits per heavy atom. The summed E-state index contributed by atoms with van der Waals surface area (Å²) >= 11 is 0. The lowest BCUT2D eigenvalue weighted by atomic mass is 9.76. The Morgan fingerprint density at radius 2 is 1.81 bits per heavy atom. The minimum atomic E-state index is -0.291. The molecule has 5 rings (SSSR count). The second kappa shape index (κ2) is 8.18. The zero-order valence-corrected chi connectivity index (χ0v) is 19.2. The molecular weight excluding hydrogens is 388 g/mol. The van der Waals surface area contributed by atoms with Crippen LogP contribution in [0.15, 0.2) is 47.8 Å². The Bertz CT molecular complexity index is 840. The average Bonchev–Trinajstić information content (AvgIpc) is 3.34. The zero-order valence-electron chi connectivity index (χ0n) is 19.2. The molecule has 0 unspecified atom stereocenters. The van der Waals surface area contributed by atoms with Gasteiger partial charge in [-0.1, -0.05) is 17.7 Å². The van der Waals surface area contributed by atoms with E-state index in [1.165, 1.54) is 23.3 Å². The van der Waals surface area contributed by atoms with Crippen molar-refractivity contribution in [2.24, 2.45) is 0 Å². The zero-order chi connectivity index (χ0) is 21.5. The van der Waals surface area contributed by atoms with Gasteiger partial charge in [0, 0.05) is 56.3 Å². The van der Waals surface area contributed by atoms with Gasteiger partial charge in [-0.3, -0.25) is 0 Å². The van der Waals surface area contributed by atoms with Crippen molar-refractivity contribution in [2.75, 3.05) is 33.4 Å². The van der Waals surface area contributed by atoms with Crippen LogP contribution in [0.3, 0.4) is 0 Å². The molecule has 168 valence electrons. The van der Waals surface area contributed by atoms with Gasteiger partial charge in [-0.05, 0) is 56.9 Å². The van der Waals surface area contributed by atoms with Crippen molar-refractivity contribution in [1.29, 1.82) is 0 Å². The summed E-state index contributed by atoms with van der Waals surface area (Å²) in [5.41, 5.74) is 4.32. The Kier molecular flexibility index (Phi) is 5.51. The smallest absolute Gasteiger partial charge is 0.168 e. The first kappa shape index (κ1) is 20.9. The van der Waals surface area contributed by atoms with Gasteiger partial charge in [-0.2, -0.15) is 0 Å². The molecular formula is C26H36N2O3. The lowest BCUT2D eigenvalue weighted by Crippen LogP contribution is -2.51. The van der Waals surface area contributed by atoms with Gasteiger partial charge in [0.25, 0.3) is 0 Å². The minimum absolute atomic E-state index is 0.259. The Morgan fingerprint density at radius 1 is 1.10 bits per heavy atom. The summed E-state index contributed by atoms with van der Waals surface area (Å²) in [6.45, 7) is 7.46. The van der Waals surface area contributed by atoms with E-state index in [2.05, 4.69) is 67.2 Å². The van der Waals surface area contributed by atoms with E-state index < -0.39 is 0 Å². The van der Waals surface area contributed by atoms with Crippen molar-refractivity contribution in [3.63, 3.8) is 0 Å². The second-order valence-corrected chi connectivity index (χ2v) is 10.00. The number of rotatable bonds is 5. The summed E-state index contributed by atoms with van der Waals surface area (Å²) in [6, 6.07) is 9.24.